The number of benzene rings is 3. The Bertz CT molecular complexity index is 1280. The molecule has 3 aromatic carbocycles. The monoisotopic (exact) mass is 438 g/mol. The van der Waals surface area contributed by atoms with Gasteiger partial charge in [0.05, 0.1) is 19.9 Å². The topological polar surface area (TPSA) is 77.0 Å². The largest absolute Gasteiger partial charge is 0.496 e. The minimum Gasteiger partial charge on any atom is -0.496 e. The van der Waals surface area contributed by atoms with Gasteiger partial charge in [-0.25, -0.2) is 0 Å². The van der Waals surface area contributed by atoms with Crippen LogP contribution in [0, 0.1) is 5.92 Å². The van der Waals surface area contributed by atoms with Gasteiger partial charge in [-0.05, 0) is 36.3 Å². The smallest absolute Gasteiger partial charge is 0.286 e. The van der Waals surface area contributed by atoms with Crippen molar-refractivity contribution in [3.63, 3.8) is 0 Å². The van der Waals surface area contributed by atoms with E-state index in [2.05, 4.69) is 23.6 Å². The number of amidine groups is 1. The first-order valence-electron chi connectivity index (χ1n) is 10.2. The van der Waals surface area contributed by atoms with Crippen LogP contribution in [0.5, 0.6) is 11.5 Å². The Morgan fingerprint density at radius 1 is 0.935 bits per heavy atom. The lowest BCUT2D eigenvalue weighted by molar-refractivity contribution is 0.392. The maximum Gasteiger partial charge on any atom is 0.286 e. The van der Waals surface area contributed by atoms with Gasteiger partial charge < -0.3 is 14.8 Å². The normalized spacial score (nSPS) is 14.7. The van der Waals surface area contributed by atoms with Gasteiger partial charge in [0, 0.05) is 10.9 Å². The quantitative estimate of drug-likeness (QED) is 0.586. The standard InChI is InChI=1S/C24H26N2O4S/c1-15(2)13-14-18-16-9-5-6-10-17(16)22(29-3)21(23(18)30-4)24-25-19-11-7-8-12-20(19)31(27,28)26-24/h5-12,15H,13-14H2,1-4H3,(H,25,26). The van der Waals surface area contributed by atoms with Crippen molar-refractivity contribution in [1.82, 2.24) is 0 Å². The molecular formula is C24H26N2O4S. The number of rotatable bonds is 6. The van der Waals surface area contributed by atoms with Crippen LogP contribution < -0.4 is 14.8 Å². The summed E-state index contributed by atoms with van der Waals surface area (Å²) in [5.74, 6) is 1.81. The minimum atomic E-state index is -3.87. The molecule has 0 saturated heterocycles. The molecule has 162 valence electrons. The fourth-order valence-corrected chi connectivity index (χ4v) is 5.13. The molecule has 0 radical (unpaired) electrons. The number of nitrogens with zero attached hydrogens (tertiary/aromatic N) is 1. The predicted molar refractivity (Wildman–Crippen MR) is 124 cm³/mol. The van der Waals surface area contributed by atoms with Crippen molar-refractivity contribution in [3.8, 4) is 11.5 Å². The highest BCUT2D eigenvalue weighted by Crippen LogP contribution is 2.43. The third-order valence-electron chi connectivity index (χ3n) is 5.47. The zero-order valence-electron chi connectivity index (χ0n) is 18.1. The van der Waals surface area contributed by atoms with E-state index in [0.29, 0.717) is 28.7 Å². The summed E-state index contributed by atoms with van der Waals surface area (Å²) in [6, 6.07) is 14.7. The molecule has 1 aliphatic heterocycles. The Hall–Kier alpha value is -3.06. The van der Waals surface area contributed by atoms with Gasteiger partial charge in [0.15, 0.2) is 5.84 Å². The molecule has 0 unspecified atom stereocenters. The van der Waals surface area contributed by atoms with Crippen molar-refractivity contribution in [2.75, 3.05) is 19.5 Å². The summed E-state index contributed by atoms with van der Waals surface area (Å²) in [7, 11) is -0.698. The van der Waals surface area contributed by atoms with Gasteiger partial charge in [-0.15, -0.1) is 4.40 Å². The van der Waals surface area contributed by atoms with Crippen LogP contribution in [-0.2, 0) is 16.4 Å². The molecule has 1 heterocycles. The fourth-order valence-electron chi connectivity index (χ4n) is 4.01. The second-order valence-corrected chi connectivity index (χ2v) is 9.51. The van der Waals surface area contributed by atoms with Crippen LogP contribution in [0.1, 0.15) is 31.4 Å². The van der Waals surface area contributed by atoms with E-state index in [1.807, 2.05) is 24.3 Å². The summed E-state index contributed by atoms with van der Waals surface area (Å²) in [5, 5.41) is 5.10. The van der Waals surface area contributed by atoms with Gasteiger partial charge in [0.2, 0.25) is 0 Å². The molecule has 6 nitrogen and oxygen atoms in total. The van der Waals surface area contributed by atoms with E-state index >= 15 is 0 Å². The first kappa shape index (κ1) is 21.2. The van der Waals surface area contributed by atoms with Crippen molar-refractivity contribution < 1.29 is 17.9 Å². The Morgan fingerprint density at radius 2 is 1.58 bits per heavy atom. The van der Waals surface area contributed by atoms with E-state index in [1.54, 1.807) is 38.5 Å². The molecule has 0 aromatic heterocycles. The van der Waals surface area contributed by atoms with Crippen molar-refractivity contribution in [1.29, 1.82) is 0 Å². The molecule has 0 bridgehead atoms. The number of anilines is 1. The summed E-state index contributed by atoms with van der Waals surface area (Å²) < 4.78 is 41.6. The van der Waals surface area contributed by atoms with Crippen molar-refractivity contribution in [2.45, 2.75) is 31.6 Å². The molecule has 1 N–H and O–H groups in total. The zero-order chi connectivity index (χ0) is 22.2. The molecule has 3 aromatic rings. The first-order chi connectivity index (χ1) is 14.9. The molecule has 31 heavy (non-hydrogen) atoms. The molecule has 4 rings (SSSR count). The summed E-state index contributed by atoms with van der Waals surface area (Å²) in [6.45, 7) is 4.35. The van der Waals surface area contributed by atoms with Crippen LogP contribution in [0.3, 0.4) is 0 Å². The van der Waals surface area contributed by atoms with Gasteiger partial charge in [-0.3, -0.25) is 0 Å². The highest BCUT2D eigenvalue weighted by molar-refractivity contribution is 7.90. The van der Waals surface area contributed by atoms with E-state index < -0.39 is 10.0 Å². The number of sulfonamides is 1. The second kappa shape index (κ2) is 8.23. The SMILES string of the molecule is COc1c(C2=NS(=O)(=O)c3ccccc3N2)c(OC)c2ccccc2c1CCC(C)C. The lowest BCUT2D eigenvalue weighted by atomic mass is 9.92. The van der Waals surface area contributed by atoms with Crippen molar-refractivity contribution in [2.24, 2.45) is 10.3 Å². The average Bonchev–Trinajstić information content (AvgIpc) is 2.75. The highest BCUT2D eigenvalue weighted by atomic mass is 32.2. The van der Waals surface area contributed by atoms with Crippen LogP contribution in [0.15, 0.2) is 57.8 Å². The van der Waals surface area contributed by atoms with Gasteiger partial charge in [0.1, 0.15) is 22.0 Å². The van der Waals surface area contributed by atoms with E-state index in [9.17, 15) is 8.42 Å². The van der Waals surface area contributed by atoms with E-state index in [1.165, 1.54) is 0 Å². The zero-order valence-corrected chi connectivity index (χ0v) is 18.9. The van der Waals surface area contributed by atoms with Gasteiger partial charge in [0.25, 0.3) is 10.0 Å². The fraction of sp³-hybridized carbons (Fsp3) is 0.292. The Kier molecular flexibility index (Phi) is 5.62. The van der Waals surface area contributed by atoms with Crippen molar-refractivity contribution >= 4 is 32.3 Å². The lowest BCUT2D eigenvalue weighted by Gasteiger charge is -2.24. The van der Waals surface area contributed by atoms with Crippen LogP contribution in [0.4, 0.5) is 5.69 Å². The number of hydrogen-bond acceptors (Lipinski definition) is 5. The molecule has 0 aliphatic carbocycles. The lowest BCUT2D eigenvalue weighted by Crippen LogP contribution is -2.24. The number of methoxy groups -OCH3 is 2. The number of nitrogens with one attached hydrogen (secondary N) is 1. The first-order valence-corrected chi connectivity index (χ1v) is 11.7. The number of aryl methyl sites for hydroxylation is 1. The summed E-state index contributed by atoms with van der Waals surface area (Å²) >= 11 is 0. The maximum atomic E-state index is 12.9. The second-order valence-electron chi connectivity index (χ2n) is 7.93. The summed E-state index contributed by atoms with van der Waals surface area (Å²) in [5.41, 5.74) is 2.01. The number of fused-ring (bicyclic) bond motifs is 2. The third-order valence-corrected chi connectivity index (χ3v) is 6.81. The number of para-hydroxylation sites is 1. The summed E-state index contributed by atoms with van der Waals surface area (Å²) in [4.78, 5) is 0.150. The molecule has 7 heteroatoms. The Labute approximate surface area is 183 Å². The van der Waals surface area contributed by atoms with Gasteiger partial charge in [-0.2, -0.15) is 8.42 Å². The van der Waals surface area contributed by atoms with Crippen LogP contribution in [0.2, 0.25) is 0 Å². The molecule has 1 aliphatic rings. The highest BCUT2D eigenvalue weighted by Gasteiger charge is 2.31. The number of ether oxygens (including phenoxy) is 2. The molecular weight excluding hydrogens is 412 g/mol. The molecule has 0 spiro atoms. The molecule has 0 atom stereocenters. The average molecular weight is 439 g/mol. The minimum absolute atomic E-state index is 0.150. The van der Waals surface area contributed by atoms with E-state index in [4.69, 9.17) is 9.47 Å². The van der Waals surface area contributed by atoms with E-state index in [-0.39, 0.29) is 10.7 Å². The van der Waals surface area contributed by atoms with Crippen LogP contribution in [-0.4, -0.2) is 28.5 Å². The molecule has 0 amide bonds. The van der Waals surface area contributed by atoms with Crippen LogP contribution in [0.25, 0.3) is 10.8 Å². The van der Waals surface area contributed by atoms with Gasteiger partial charge >= 0.3 is 0 Å². The predicted octanol–water partition coefficient (Wildman–Crippen LogP) is 5.01. The Balaban J connectivity index is 2.03. The van der Waals surface area contributed by atoms with Crippen LogP contribution >= 0.6 is 0 Å². The summed E-state index contributed by atoms with van der Waals surface area (Å²) in [6.07, 6.45) is 1.75. The molecule has 0 fully saturated rings. The van der Waals surface area contributed by atoms with Crippen molar-refractivity contribution in [3.05, 3.63) is 59.7 Å². The van der Waals surface area contributed by atoms with Gasteiger partial charge in [-0.1, -0.05) is 50.2 Å². The maximum absolute atomic E-state index is 12.9. The Morgan fingerprint density at radius 3 is 2.26 bits per heavy atom. The number of hydrogen-bond donors (Lipinski definition) is 1. The molecule has 0 saturated carbocycles. The van der Waals surface area contributed by atoms with E-state index in [0.717, 1.165) is 29.2 Å². The third kappa shape index (κ3) is 3.74.